The molecule has 0 radical (unpaired) electrons. The molecule has 0 bridgehead atoms. The molecule has 228 valence electrons. The molecule has 0 aliphatic heterocycles. The van der Waals surface area contributed by atoms with Gasteiger partial charge in [0.05, 0.1) is 21.3 Å². The molecule has 0 aromatic heterocycles. The molecular weight excluding hydrogens is 615 g/mol. The van der Waals surface area contributed by atoms with E-state index in [1.54, 1.807) is 54.6 Å². The summed E-state index contributed by atoms with van der Waals surface area (Å²) in [5.74, 6) is -1.51. The lowest BCUT2D eigenvalue weighted by Crippen LogP contribution is -2.44. The molecule has 13 heteroatoms. The fraction of sp³-hybridized carbons (Fsp3) is 0.300. The zero-order valence-corrected chi connectivity index (χ0v) is 25.4. The van der Waals surface area contributed by atoms with E-state index in [0.29, 0.717) is 17.8 Å². The standard InChI is InChI=1S/C30H32Cl2N4O6S/c31-22-9-6-10-23(32)27(22)28(37)34-21-15-13-19(14-16-21)17-25(29(38)39)36-30(40)35-24-11-4-5-12-26(24)43(41,42)33-18-20-7-2-1-3-8-20/h4-6,9-16,20,25,33H,1-3,7-8,17-18H2,(H,34,37)(H,38,39)(H2,35,36,40). The molecule has 0 heterocycles. The normalized spacial score (nSPS) is 14.5. The zero-order chi connectivity index (χ0) is 31.0. The van der Waals surface area contributed by atoms with Gasteiger partial charge in [-0.2, -0.15) is 0 Å². The van der Waals surface area contributed by atoms with E-state index < -0.39 is 34.0 Å². The van der Waals surface area contributed by atoms with Gasteiger partial charge in [0, 0.05) is 18.7 Å². The number of para-hydroxylation sites is 1. The van der Waals surface area contributed by atoms with Crippen LogP contribution in [0.3, 0.4) is 0 Å². The third kappa shape index (κ3) is 8.93. The van der Waals surface area contributed by atoms with E-state index in [1.807, 2.05) is 0 Å². The number of rotatable bonds is 11. The fourth-order valence-electron chi connectivity index (χ4n) is 4.89. The maximum atomic E-state index is 13.0. The second-order valence-corrected chi connectivity index (χ2v) is 12.8. The Labute approximate surface area is 260 Å². The summed E-state index contributed by atoms with van der Waals surface area (Å²) < 4.78 is 28.7. The summed E-state index contributed by atoms with van der Waals surface area (Å²) in [5.41, 5.74) is 1.15. The summed E-state index contributed by atoms with van der Waals surface area (Å²) in [7, 11) is -3.92. The minimum Gasteiger partial charge on any atom is -0.480 e. The third-order valence-corrected chi connectivity index (χ3v) is 9.27. The van der Waals surface area contributed by atoms with Crippen LogP contribution in [0, 0.1) is 5.92 Å². The number of halogens is 2. The van der Waals surface area contributed by atoms with Gasteiger partial charge in [-0.3, -0.25) is 4.79 Å². The van der Waals surface area contributed by atoms with Crippen LogP contribution < -0.4 is 20.7 Å². The van der Waals surface area contributed by atoms with Gasteiger partial charge in [-0.15, -0.1) is 0 Å². The number of carbonyl (C=O) groups is 3. The molecule has 1 fully saturated rings. The first-order chi connectivity index (χ1) is 20.5. The summed E-state index contributed by atoms with van der Waals surface area (Å²) >= 11 is 12.2. The molecule has 1 unspecified atom stereocenters. The fourth-order valence-corrected chi connectivity index (χ4v) is 6.73. The summed E-state index contributed by atoms with van der Waals surface area (Å²) in [6.45, 7) is 0.320. The van der Waals surface area contributed by atoms with E-state index in [1.165, 1.54) is 12.1 Å². The lowest BCUT2D eigenvalue weighted by Gasteiger charge is -2.22. The van der Waals surface area contributed by atoms with Gasteiger partial charge in [0.25, 0.3) is 5.91 Å². The Morgan fingerprint density at radius 2 is 1.51 bits per heavy atom. The average molecular weight is 648 g/mol. The number of aliphatic carboxylic acids is 1. The lowest BCUT2D eigenvalue weighted by atomic mass is 9.90. The van der Waals surface area contributed by atoms with Crippen molar-refractivity contribution in [3.63, 3.8) is 0 Å². The molecule has 5 N–H and O–H groups in total. The minimum absolute atomic E-state index is 0.0269. The van der Waals surface area contributed by atoms with Gasteiger partial charge in [-0.1, -0.05) is 72.8 Å². The molecule has 1 atom stereocenters. The number of carbonyl (C=O) groups excluding carboxylic acids is 2. The smallest absolute Gasteiger partial charge is 0.326 e. The van der Waals surface area contributed by atoms with E-state index in [0.717, 1.165) is 32.1 Å². The van der Waals surface area contributed by atoms with Gasteiger partial charge in [-0.05, 0) is 60.7 Å². The van der Waals surface area contributed by atoms with E-state index in [4.69, 9.17) is 23.2 Å². The van der Waals surface area contributed by atoms with Gasteiger partial charge < -0.3 is 21.1 Å². The van der Waals surface area contributed by atoms with Crippen molar-refractivity contribution in [1.82, 2.24) is 10.0 Å². The minimum atomic E-state index is -3.92. The highest BCUT2D eigenvalue weighted by Crippen LogP contribution is 2.26. The maximum Gasteiger partial charge on any atom is 0.326 e. The van der Waals surface area contributed by atoms with Crippen molar-refractivity contribution >= 4 is 62.5 Å². The van der Waals surface area contributed by atoms with Crippen LogP contribution in [-0.4, -0.2) is 44.0 Å². The van der Waals surface area contributed by atoms with Crippen LogP contribution in [-0.2, 0) is 21.2 Å². The highest BCUT2D eigenvalue weighted by atomic mass is 35.5. The molecule has 4 rings (SSSR count). The van der Waals surface area contributed by atoms with Gasteiger partial charge >= 0.3 is 12.0 Å². The maximum absolute atomic E-state index is 13.0. The van der Waals surface area contributed by atoms with Crippen molar-refractivity contribution in [3.05, 3.63) is 87.9 Å². The van der Waals surface area contributed by atoms with E-state index in [2.05, 4.69) is 20.7 Å². The van der Waals surface area contributed by atoms with Crippen LogP contribution in [0.4, 0.5) is 16.2 Å². The Bertz CT molecular complexity index is 1560. The lowest BCUT2D eigenvalue weighted by molar-refractivity contribution is -0.139. The van der Waals surface area contributed by atoms with Crippen LogP contribution in [0.5, 0.6) is 0 Å². The van der Waals surface area contributed by atoms with Crippen molar-refractivity contribution in [3.8, 4) is 0 Å². The zero-order valence-electron chi connectivity index (χ0n) is 23.1. The number of benzene rings is 3. The van der Waals surface area contributed by atoms with Crippen LogP contribution in [0.2, 0.25) is 10.0 Å². The number of sulfonamides is 1. The number of hydrogen-bond donors (Lipinski definition) is 5. The van der Waals surface area contributed by atoms with Crippen LogP contribution in [0.1, 0.15) is 48.0 Å². The van der Waals surface area contributed by atoms with Crippen LogP contribution in [0.25, 0.3) is 0 Å². The Balaban J connectivity index is 1.37. The number of amides is 3. The second kappa shape index (κ2) is 14.7. The molecule has 10 nitrogen and oxygen atoms in total. The predicted octanol–water partition coefficient (Wildman–Crippen LogP) is 5.92. The second-order valence-electron chi connectivity index (χ2n) is 10.3. The molecule has 43 heavy (non-hydrogen) atoms. The summed E-state index contributed by atoms with van der Waals surface area (Å²) in [5, 5.41) is 17.7. The molecular formula is C30H32Cl2N4O6S. The topological polar surface area (TPSA) is 154 Å². The summed E-state index contributed by atoms with van der Waals surface area (Å²) in [4.78, 5) is 37.3. The molecule has 0 saturated heterocycles. The number of hydrogen-bond acceptors (Lipinski definition) is 5. The Hall–Kier alpha value is -3.64. The predicted molar refractivity (Wildman–Crippen MR) is 166 cm³/mol. The number of carboxylic acid groups (broad SMARTS) is 1. The quantitative estimate of drug-likeness (QED) is 0.174. The van der Waals surface area contributed by atoms with E-state index in [9.17, 15) is 27.9 Å². The van der Waals surface area contributed by atoms with Gasteiger partial charge in [0.2, 0.25) is 10.0 Å². The Morgan fingerprint density at radius 1 is 0.860 bits per heavy atom. The summed E-state index contributed by atoms with van der Waals surface area (Å²) in [6.07, 6.45) is 5.18. The monoisotopic (exact) mass is 646 g/mol. The molecule has 0 spiro atoms. The molecule has 1 aliphatic rings. The largest absolute Gasteiger partial charge is 0.480 e. The number of urea groups is 1. The first-order valence-corrected chi connectivity index (χ1v) is 16.0. The first-order valence-electron chi connectivity index (χ1n) is 13.8. The first kappa shape index (κ1) is 32.3. The molecule has 3 aromatic rings. The van der Waals surface area contributed by atoms with Crippen molar-refractivity contribution in [1.29, 1.82) is 0 Å². The third-order valence-electron chi connectivity index (χ3n) is 7.16. The van der Waals surface area contributed by atoms with Crippen molar-refractivity contribution in [2.45, 2.75) is 49.5 Å². The van der Waals surface area contributed by atoms with Crippen LogP contribution in [0.15, 0.2) is 71.6 Å². The highest BCUT2D eigenvalue weighted by molar-refractivity contribution is 7.89. The molecule has 1 aliphatic carbocycles. The number of anilines is 2. The van der Waals surface area contributed by atoms with Crippen LogP contribution >= 0.6 is 23.2 Å². The highest BCUT2D eigenvalue weighted by Gasteiger charge is 2.24. The van der Waals surface area contributed by atoms with Crippen molar-refractivity contribution in [2.24, 2.45) is 5.92 Å². The van der Waals surface area contributed by atoms with E-state index >= 15 is 0 Å². The SMILES string of the molecule is O=C(Nc1ccccc1S(=O)(=O)NCC1CCCCC1)NC(Cc1ccc(NC(=O)c2c(Cl)cccc2Cl)cc1)C(=O)O. The molecule has 3 aromatic carbocycles. The Morgan fingerprint density at radius 3 is 2.16 bits per heavy atom. The number of nitrogens with one attached hydrogen (secondary N) is 4. The van der Waals surface area contributed by atoms with Crippen molar-refractivity contribution < 1.29 is 27.9 Å². The summed E-state index contributed by atoms with van der Waals surface area (Å²) in [6, 6.07) is 14.9. The van der Waals surface area contributed by atoms with Gasteiger partial charge in [0.15, 0.2) is 0 Å². The Kier molecular flexibility index (Phi) is 11.0. The van der Waals surface area contributed by atoms with Gasteiger partial charge in [0.1, 0.15) is 10.9 Å². The number of carboxylic acids is 1. The van der Waals surface area contributed by atoms with Gasteiger partial charge in [-0.25, -0.2) is 22.7 Å². The molecule has 3 amide bonds. The van der Waals surface area contributed by atoms with Crippen molar-refractivity contribution in [2.75, 3.05) is 17.2 Å². The van der Waals surface area contributed by atoms with E-state index in [-0.39, 0.29) is 38.5 Å². The molecule has 1 saturated carbocycles. The average Bonchev–Trinajstić information content (AvgIpc) is 2.97.